The van der Waals surface area contributed by atoms with Crippen molar-refractivity contribution >= 4 is 57.7 Å². The Hall–Kier alpha value is -2.42. The van der Waals surface area contributed by atoms with Crippen molar-refractivity contribution in [3.63, 3.8) is 0 Å². The third-order valence-electron chi connectivity index (χ3n) is 4.31. The van der Waals surface area contributed by atoms with Crippen LogP contribution >= 0.6 is 35.7 Å². The van der Waals surface area contributed by atoms with Gasteiger partial charge in [0.25, 0.3) is 11.5 Å². The van der Waals surface area contributed by atoms with E-state index >= 15 is 0 Å². The van der Waals surface area contributed by atoms with Crippen LogP contribution in [-0.4, -0.2) is 30.6 Å². The molecule has 1 aliphatic heterocycles. The predicted octanol–water partition coefficient (Wildman–Crippen LogP) is 4.46. The molecule has 8 heteroatoms. The van der Waals surface area contributed by atoms with Crippen molar-refractivity contribution in [1.82, 2.24) is 14.3 Å². The monoisotopic (exact) mass is 439 g/mol. The molecule has 1 fully saturated rings. The Morgan fingerprint density at radius 1 is 1.10 bits per heavy atom. The summed E-state index contributed by atoms with van der Waals surface area (Å²) in [5, 5.41) is 0.558. The molecule has 0 aliphatic carbocycles. The SMILES string of the molecule is CC(C)N1C(=O)/C(=C/c2c(Sc3ccccc3)nc3ccccn3c2=O)SC1=S. The molecule has 1 saturated heterocycles. The lowest BCUT2D eigenvalue weighted by molar-refractivity contribution is -0.123. The van der Waals surface area contributed by atoms with Crippen LogP contribution < -0.4 is 5.56 Å². The fourth-order valence-corrected chi connectivity index (χ4v) is 5.36. The first-order chi connectivity index (χ1) is 14.0. The van der Waals surface area contributed by atoms with Crippen LogP contribution in [0.4, 0.5) is 0 Å². The average molecular weight is 440 g/mol. The number of hydrogen-bond donors (Lipinski definition) is 0. The number of carbonyl (C=O) groups excluding carboxylic acids is 1. The average Bonchev–Trinajstić information content (AvgIpc) is 2.99. The van der Waals surface area contributed by atoms with E-state index in [4.69, 9.17) is 12.2 Å². The van der Waals surface area contributed by atoms with E-state index < -0.39 is 0 Å². The lowest BCUT2D eigenvalue weighted by Gasteiger charge is -2.18. The first-order valence-electron chi connectivity index (χ1n) is 8.97. The zero-order valence-electron chi connectivity index (χ0n) is 15.7. The van der Waals surface area contributed by atoms with Crippen LogP contribution in [0, 0.1) is 0 Å². The van der Waals surface area contributed by atoms with Gasteiger partial charge >= 0.3 is 0 Å². The Bertz CT molecular complexity index is 1200. The Labute approximate surface area is 181 Å². The van der Waals surface area contributed by atoms with Gasteiger partial charge in [-0.1, -0.05) is 60.0 Å². The predicted molar refractivity (Wildman–Crippen MR) is 122 cm³/mol. The number of aromatic nitrogens is 2. The van der Waals surface area contributed by atoms with Gasteiger partial charge < -0.3 is 0 Å². The number of pyridine rings is 1. The molecule has 5 nitrogen and oxygen atoms in total. The largest absolute Gasteiger partial charge is 0.290 e. The van der Waals surface area contributed by atoms with Gasteiger partial charge in [0.2, 0.25) is 0 Å². The van der Waals surface area contributed by atoms with Crippen LogP contribution in [0.25, 0.3) is 11.7 Å². The van der Waals surface area contributed by atoms with Crippen molar-refractivity contribution in [3.05, 3.63) is 75.6 Å². The van der Waals surface area contributed by atoms with Crippen molar-refractivity contribution < 1.29 is 4.79 Å². The maximum atomic E-state index is 13.2. The highest BCUT2D eigenvalue weighted by Gasteiger charge is 2.34. The van der Waals surface area contributed by atoms with Gasteiger partial charge in [-0.15, -0.1) is 0 Å². The molecule has 1 aromatic carbocycles. The number of benzene rings is 1. The van der Waals surface area contributed by atoms with E-state index in [-0.39, 0.29) is 17.5 Å². The molecule has 4 rings (SSSR count). The van der Waals surface area contributed by atoms with Gasteiger partial charge in [0.05, 0.1) is 10.5 Å². The highest BCUT2D eigenvalue weighted by molar-refractivity contribution is 8.26. The summed E-state index contributed by atoms with van der Waals surface area (Å²) in [4.78, 5) is 33.7. The number of amides is 1. The van der Waals surface area contributed by atoms with E-state index in [1.807, 2.05) is 50.2 Å². The highest BCUT2D eigenvalue weighted by Crippen LogP contribution is 2.35. The molecule has 3 heterocycles. The maximum absolute atomic E-state index is 13.2. The molecular weight excluding hydrogens is 422 g/mol. The Morgan fingerprint density at radius 3 is 2.52 bits per heavy atom. The van der Waals surface area contributed by atoms with E-state index in [0.717, 1.165) is 4.90 Å². The molecule has 1 aliphatic rings. The summed E-state index contributed by atoms with van der Waals surface area (Å²) in [6.07, 6.45) is 3.31. The summed E-state index contributed by atoms with van der Waals surface area (Å²) in [5.74, 6) is -0.178. The highest BCUT2D eigenvalue weighted by atomic mass is 32.2. The van der Waals surface area contributed by atoms with Crippen LogP contribution in [0.1, 0.15) is 19.4 Å². The molecule has 146 valence electrons. The molecule has 29 heavy (non-hydrogen) atoms. The Kier molecular flexibility index (Phi) is 5.58. The van der Waals surface area contributed by atoms with Crippen molar-refractivity contribution in [1.29, 1.82) is 0 Å². The van der Waals surface area contributed by atoms with E-state index in [1.54, 1.807) is 29.3 Å². The number of rotatable bonds is 4. The molecule has 0 bridgehead atoms. The van der Waals surface area contributed by atoms with E-state index in [9.17, 15) is 9.59 Å². The molecule has 2 aromatic heterocycles. The van der Waals surface area contributed by atoms with Crippen molar-refractivity contribution in [2.75, 3.05) is 0 Å². The van der Waals surface area contributed by atoms with Gasteiger partial charge in [-0.3, -0.25) is 18.9 Å². The van der Waals surface area contributed by atoms with Gasteiger partial charge in [0.15, 0.2) is 0 Å². The molecule has 0 N–H and O–H groups in total. The van der Waals surface area contributed by atoms with E-state index in [2.05, 4.69) is 4.98 Å². The second-order valence-corrected chi connectivity index (χ2v) is 9.36. The zero-order valence-corrected chi connectivity index (χ0v) is 18.2. The van der Waals surface area contributed by atoms with Crippen molar-refractivity contribution in [2.24, 2.45) is 0 Å². The summed E-state index contributed by atoms with van der Waals surface area (Å²) < 4.78 is 1.99. The van der Waals surface area contributed by atoms with Gasteiger partial charge in [0, 0.05) is 17.1 Å². The zero-order chi connectivity index (χ0) is 20.5. The summed E-state index contributed by atoms with van der Waals surface area (Å²) in [7, 11) is 0. The van der Waals surface area contributed by atoms with Gasteiger partial charge in [-0.25, -0.2) is 4.98 Å². The normalized spacial score (nSPS) is 15.8. The second kappa shape index (κ2) is 8.14. The molecule has 1 amide bonds. The minimum absolute atomic E-state index is 0.0395. The quantitative estimate of drug-likeness (QED) is 0.340. The summed E-state index contributed by atoms with van der Waals surface area (Å²) in [6, 6.07) is 15.1. The van der Waals surface area contributed by atoms with Crippen LogP contribution in [0.2, 0.25) is 0 Å². The van der Waals surface area contributed by atoms with Crippen molar-refractivity contribution in [2.45, 2.75) is 29.8 Å². The van der Waals surface area contributed by atoms with E-state index in [0.29, 0.717) is 25.5 Å². The number of thioether (sulfide) groups is 1. The van der Waals surface area contributed by atoms with Crippen molar-refractivity contribution in [3.8, 4) is 0 Å². The fraction of sp³-hybridized carbons (Fsp3) is 0.143. The Balaban J connectivity index is 1.87. The third-order valence-corrected chi connectivity index (χ3v) is 6.65. The first-order valence-corrected chi connectivity index (χ1v) is 11.0. The molecule has 0 unspecified atom stereocenters. The van der Waals surface area contributed by atoms with Gasteiger partial charge in [0.1, 0.15) is 15.0 Å². The minimum atomic E-state index is -0.219. The smallest absolute Gasteiger partial charge is 0.266 e. The number of nitrogens with zero attached hydrogens (tertiary/aromatic N) is 3. The van der Waals surface area contributed by atoms with Crippen LogP contribution in [0.3, 0.4) is 0 Å². The maximum Gasteiger partial charge on any atom is 0.266 e. The fourth-order valence-electron chi connectivity index (χ4n) is 2.94. The summed E-state index contributed by atoms with van der Waals surface area (Å²) >= 11 is 7.98. The molecule has 0 saturated carbocycles. The van der Waals surface area contributed by atoms with Gasteiger partial charge in [-0.05, 0) is 44.2 Å². The molecule has 0 radical (unpaired) electrons. The lowest BCUT2D eigenvalue weighted by atomic mass is 10.2. The minimum Gasteiger partial charge on any atom is -0.290 e. The first kappa shape index (κ1) is 19.9. The second-order valence-electron chi connectivity index (χ2n) is 6.63. The lowest BCUT2D eigenvalue weighted by Crippen LogP contribution is -2.34. The third kappa shape index (κ3) is 3.88. The number of carbonyl (C=O) groups is 1. The van der Waals surface area contributed by atoms with Crippen LogP contribution in [0.5, 0.6) is 0 Å². The van der Waals surface area contributed by atoms with Crippen LogP contribution in [0.15, 0.2) is 74.3 Å². The number of hydrogen-bond acceptors (Lipinski definition) is 6. The topological polar surface area (TPSA) is 54.7 Å². The van der Waals surface area contributed by atoms with Gasteiger partial charge in [-0.2, -0.15) is 0 Å². The Morgan fingerprint density at radius 2 is 1.83 bits per heavy atom. The van der Waals surface area contributed by atoms with Crippen LogP contribution in [-0.2, 0) is 4.79 Å². The molecular formula is C21H17N3O2S3. The summed E-state index contributed by atoms with van der Waals surface area (Å²) in [5.41, 5.74) is 0.721. The van der Waals surface area contributed by atoms with E-state index in [1.165, 1.54) is 27.9 Å². The molecule has 3 aromatic rings. The molecule has 0 atom stereocenters. The standard InChI is InChI=1S/C21H17N3O2S3/c1-13(2)24-20(26)16(29-21(24)27)12-15-18(28-14-8-4-3-5-9-14)22-17-10-6-7-11-23(17)19(15)25/h3-13H,1-2H3/b16-12-. The number of fused-ring (bicyclic) bond motifs is 1. The summed E-state index contributed by atoms with van der Waals surface area (Å²) in [6.45, 7) is 3.83. The molecule has 0 spiro atoms. The number of thiocarbonyl (C=S) groups is 1.